The van der Waals surface area contributed by atoms with E-state index in [0.717, 1.165) is 11.6 Å². The quantitative estimate of drug-likeness (QED) is 0.265. The van der Waals surface area contributed by atoms with Gasteiger partial charge in [-0.1, -0.05) is 12.6 Å². The Balaban J connectivity index is 2.03. The highest BCUT2D eigenvalue weighted by molar-refractivity contribution is 6.01. The third-order valence-corrected chi connectivity index (χ3v) is 4.64. The molecule has 12 heteroatoms. The number of amides is 1. The van der Waals surface area contributed by atoms with Gasteiger partial charge in [0.1, 0.15) is 11.4 Å². The molecule has 0 atom stereocenters. The summed E-state index contributed by atoms with van der Waals surface area (Å²) >= 11 is 0. The first-order valence-electron chi connectivity index (χ1n) is 9.82. The molecule has 0 aliphatic rings. The van der Waals surface area contributed by atoms with Gasteiger partial charge in [0.2, 0.25) is 11.9 Å². The Hall–Kier alpha value is -4.35. The summed E-state index contributed by atoms with van der Waals surface area (Å²) in [7, 11) is 1.31. The van der Waals surface area contributed by atoms with E-state index < -0.39 is 23.5 Å². The van der Waals surface area contributed by atoms with E-state index in [2.05, 4.69) is 32.5 Å². The predicted octanol–water partition coefficient (Wildman–Crippen LogP) is 4.37. The molecule has 9 nitrogen and oxygen atoms in total. The van der Waals surface area contributed by atoms with Crippen LogP contribution in [0.15, 0.2) is 49.3 Å². The van der Waals surface area contributed by atoms with Gasteiger partial charge in [-0.3, -0.25) is 4.79 Å². The van der Waals surface area contributed by atoms with Gasteiger partial charge in [-0.2, -0.15) is 18.2 Å². The lowest BCUT2D eigenvalue weighted by Gasteiger charge is -2.17. The second-order valence-electron chi connectivity index (χ2n) is 7.18. The molecule has 178 valence electrons. The molecule has 0 fully saturated rings. The average molecular weight is 474 g/mol. The fraction of sp³-hybridized carbons (Fsp3) is 0.182. The van der Waals surface area contributed by atoms with Crippen molar-refractivity contribution in [1.29, 1.82) is 0 Å². The van der Waals surface area contributed by atoms with Crippen molar-refractivity contribution in [2.24, 2.45) is 0 Å². The molecule has 3 rings (SSSR count). The predicted molar refractivity (Wildman–Crippen MR) is 120 cm³/mol. The number of methoxy groups -OCH3 is 1. The number of benzene rings is 1. The lowest BCUT2D eigenvalue weighted by molar-refractivity contribution is -0.612. The average Bonchev–Trinajstić information content (AvgIpc) is 2.76. The standard InChI is InChI=1S/C22H21F3N6O3/c1-5-18(32)27-17-8-12(2)6-7-15(17)28-20-14(22(23,24)25)10-26-21(30-20)29-16-9-19(34-4)31(33)11-13(16)3/h5-11H,1H2,2-4H3,(H,27,32)(H2,26,28,29,30). The fourth-order valence-electron chi connectivity index (χ4n) is 2.94. The van der Waals surface area contributed by atoms with Gasteiger partial charge in [0.15, 0.2) is 6.20 Å². The molecule has 2 aromatic heterocycles. The number of anilines is 5. The Morgan fingerprint density at radius 1 is 1.18 bits per heavy atom. The summed E-state index contributed by atoms with van der Waals surface area (Å²) < 4.78 is 46.5. The molecule has 0 aliphatic carbocycles. The SMILES string of the molecule is C=CC(=O)Nc1cc(C)ccc1Nc1nc(Nc2cc(OC)[n+]([O-])cc2C)ncc1C(F)(F)F. The molecule has 0 saturated heterocycles. The van der Waals surface area contributed by atoms with Gasteiger partial charge in [0.25, 0.3) is 0 Å². The van der Waals surface area contributed by atoms with Crippen LogP contribution in [-0.4, -0.2) is 23.0 Å². The van der Waals surface area contributed by atoms with Crippen molar-refractivity contribution in [3.05, 3.63) is 71.2 Å². The number of aromatic nitrogens is 3. The van der Waals surface area contributed by atoms with Gasteiger partial charge >= 0.3 is 12.1 Å². The normalized spacial score (nSPS) is 11.0. The van der Waals surface area contributed by atoms with Gasteiger partial charge in [-0.05, 0) is 37.6 Å². The van der Waals surface area contributed by atoms with Crippen molar-refractivity contribution < 1.29 is 27.4 Å². The molecule has 1 amide bonds. The Morgan fingerprint density at radius 2 is 1.91 bits per heavy atom. The molecule has 2 heterocycles. The smallest absolute Gasteiger partial charge is 0.421 e. The number of hydrogen-bond acceptors (Lipinski definition) is 7. The molecule has 0 spiro atoms. The highest BCUT2D eigenvalue weighted by atomic mass is 19.4. The number of nitrogens with zero attached hydrogens (tertiary/aromatic N) is 3. The second-order valence-corrected chi connectivity index (χ2v) is 7.18. The summed E-state index contributed by atoms with van der Waals surface area (Å²) in [5.41, 5.74) is 0.941. The highest BCUT2D eigenvalue weighted by Gasteiger charge is 2.35. The van der Waals surface area contributed by atoms with Crippen LogP contribution in [0.5, 0.6) is 5.88 Å². The van der Waals surface area contributed by atoms with Crippen molar-refractivity contribution in [1.82, 2.24) is 9.97 Å². The summed E-state index contributed by atoms with van der Waals surface area (Å²) in [6.07, 6.45) is -1.83. The maximum Gasteiger partial charge on any atom is 0.421 e. The zero-order valence-electron chi connectivity index (χ0n) is 18.4. The summed E-state index contributed by atoms with van der Waals surface area (Å²) in [6.45, 7) is 6.77. The molecule has 0 unspecified atom stereocenters. The number of carbonyl (C=O) groups excluding carboxylic acids is 1. The van der Waals surface area contributed by atoms with E-state index in [1.54, 1.807) is 26.0 Å². The fourth-order valence-corrected chi connectivity index (χ4v) is 2.94. The maximum absolute atomic E-state index is 13.7. The number of nitrogens with one attached hydrogen (secondary N) is 3. The number of hydrogen-bond donors (Lipinski definition) is 3. The summed E-state index contributed by atoms with van der Waals surface area (Å²) in [5, 5.41) is 19.8. The van der Waals surface area contributed by atoms with Crippen molar-refractivity contribution >= 4 is 34.7 Å². The lowest BCUT2D eigenvalue weighted by atomic mass is 10.1. The molecule has 1 aromatic carbocycles. The minimum atomic E-state index is -4.75. The van der Waals surface area contributed by atoms with E-state index in [-0.39, 0.29) is 23.2 Å². The molecule has 34 heavy (non-hydrogen) atoms. The van der Waals surface area contributed by atoms with Crippen LogP contribution in [-0.2, 0) is 11.0 Å². The van der Waals surface area contributed by atoms with Crippen LogP contribution in [0.25, 0.3) is 0 Å². The van der Waals surface area contributed by atoms with Gasteiger partial charge in [0.05, 0.1) is 30.2 Å². The molecule has 0 saturated carbocycles. The Morgan fingerprint density at radius 3 is 2.56 bits per heavy atom. The molecular formula is C22H21F3N6O3. The van der Waals surface area contributed by atoms with Crippen LogP contribution in [0.2, 0.25) is 0 Å². The monoisotopic (exact) mass is 474 g/mol. The summed E-state index contributed by atoms with van der Waals surface area (Å²) in [6, 6.07) is 6.15. The number of alkyl halides is 3. The number of halogens is 3. The number of rotatable bonds is 7. The van der Waals surface area contributed by atoms with Crippen molar-refractivity contribution in [2.45, 2.75) is 20.0 Å². The van der Waals surface area contributed by atoms with Gasteiger partial charge in [-0.15, -0.1) is 4.73 Å². The number of pyridine rings is 1. The minimum Gasteiger partial charge on any atom is -0.616 e. The first-order chi connectivity index (χ1) is 16.0. The van der Waals surface area contributed by atoms with E-state index in [1.807, 2.05) is 0 Å². The Kier molecular flexibility index (Phi) is 6.89. The first kappa shape index (κ1) is 24.3. The third-order valence-electron chi connectivity index (χ3n) is 4.64. The second kappa shape index (κ2) is 9.65. The van der Waals surface area contributed by atoms with Gasteiger partial charge in [0, 0.05) is 11.8 Å². The van der Waals surface area contributed by atoms with Crippen molar-refractivity contribution in [2.75, 3.05) is 23.1 Å². The van der Waals surface area contributed by atoms with E-state index in [4.69, 9.17) is 4.74 Å². The topological polar surface area (TPSA) is 115 Å². The molecule has 0 radical (unpaired) electrons. The lowest BCUT2D eigenvalue weighted by Crippen LogP contribution is -2.28. The van der Waals surface area contributed by atoms with Crippen LogP contribution >= 0.6 is 0 Å². The molecular weight excluding hydrogens is 453 g/mol. The van der Waals surface area contributed by atoms with Crippen LogP contribution in [0.3, 0.4) is 0 Å². The molecule has 0 aliphatic heterocycles. The Bertz CT molecular complexity index is 1250. The highest BCUT2D eigenvalue weighted by Crippen LogP contribution is 2.37. The first-order valence-corrected chi connectivity index (χ1v) is 9.82. The molecule has 0 bridgehead atoms. The zero-order valence-corrected chi connectivity index (χ0v) is 18.4. The number of carbonyl (C=O) groups is 1. The largest absolute Gasteiger partial charge is 0.616 e. The van der Waals surface area contributed by atoms with Crippen molar-refractivity contribution in [3.63, 3.8) is 0 Å². The van der Waals surface area contributed by atoms with E-state index in [9.17, 15) is 23.2 Å². The van der Waals surface area contributed by atoms with Crippen LogP contribution in [0, 0.1) is 19.1 Å². The number of aryl methyl sites for hydroxylation is 2. The van der Waals surface area contributed by atoms with Crippen LogP contribution in [0.4, 0.5) is 42.0 Å². The Labute approximate surface area is 192 Å². The molecule has 3 aromatic rings. The van der Waals surface area contributed by atoms with Gasteiger partial charge in [-0.25, -0.2) is 4.98 Å². The van der Waals surface area contributed by atoms with E-state index in [1.165, 1.54) is 25.4 Å². The van der Waals surface area contributed by atoms with E-state index in [0.29, 0.717) is 22.2 Å². The van der Waals surface area contributed by atoms with E-state index >= 15 is 0 Å². The minimum absolute atomic E-state index is 0.0272. The zero-order chi connectivity index (χ0) is 25.0. The number of ether oxygens (including phenoxy) is 1. The van der Waals surface area contributed by atoms with Gasteiger partial charge < -0.3 is 25.9 Å². The van der Waals surface area contributed by atoms with Crippen molar-refractivity contribution in [3.8, 4) is 5.88 Å². The summed E-state index contributed by atoms with van der Waals surface area (Å²) in [5.74, 6) is -1.25. The molecule has 3 N–H and O–H groups in total. The van der Waals surface area contributed by atoms with Crippen LogP contribution < -0.4 is 25.4 Å². The third kappa shape index (κ3) is 5.52. The van der Waals surface area contributed by atoms with Crippen LogP contribution in [0.1, 0.15) is 16.7 Å². The summed E-state index contributed by atoms with van der Waals surface area (Å²) in [4.78, 5) is 19.6. The maximum atomic E-state index is 13.7.